The lowest BCUT2D eigenvalue weighted by atomic mass is 9.92. The number of carboxylic acid groups (broad SMARTS) is 1. The van der Waals surface area contributed by atoms with Crippen molar-refractivity contribution < 1.29 is 38.8 Å². The van der Waals surface area contributed by atoms with Crippen molar-refractivity contribution in [2.75, 3.05) is 38.0 Å². The number of carboxylic acids is 1. The number of methoxy groups -OCH3 is 2. The number of rotatable bonds is 10. The summed E-state index contributed by atoms with van der Waals surface area (Å²) in [6, 6.07) is 14.4. The average Bonchev–Trinajstić information content (AvgIpc) is 3.06. The summed E-state index contributed by atoms with van der Waals surface area (Å²) < 4.78 is 17.7. The SMILES string of the molecule is COc1cccc([C@H]2O[C@H](CC(=O)c3cccc(C(=O)O)c3N)C(=O)N(CC(C)(C)CO)c3ccc(Cl)cc32)c1OC. The molecule has 2 atom stereocenters. The summed E-state index contributed by atoms with van der Waals surface area (Å²) in [7, 11) is 2.98. The van der Waals surface area contributed by atoms with Crippen LogP contribution in [0.3, 0.4) is 0 Å². The third-order valence-corrected chi connectivity index (χ3v) is 7.38. The molecule has 0 aliphatic carbocycles. The van der Waals surface area contributed by atoms with Crippen molar-refractivity contribution in [3.05, 3.63) is 81.9 Å². The molecule has 222 valence electrons. The van der Waals surface area contributed by atoms with E-state index in [0.29, 0.717) is 33.3 Å². The summed E-state index contributed by atoms with van der Waals surface area (Å²) >= 11 is 6.45. The molecule has 0 saturated heterocycles. The van der Waals surface area contributed by atoms with Gasteiger partial charge in [-0.1, -0.05) is 43.6 Å². The molecule has 4 N–H and O–H groups in total. The lowest BCUT2D eigenvalue weighted by Gasteiger charge is -2.32. The first-order valence-electron chi connectivity index (χ1n) is 13.2. The van der Waals surface area contributed by atoms with Crippen molar-refractivity contribution in [1.29, 1.82) is 0 Å². The maximum Gasteiger partial charge on any atom is 0.337 e. The number of hydrogen-bond donors (Lipinski definition) is 3. The van der Waals surface area contributed by atoms with E-state index in [4.69, 9.17) is 31.5 Å². The number of ketones is 1. The van der Waals surface area contributed by atoms with Crippen LogP contribution in [0.15, 0.2) is 54.6 Å². The molecule has 0 radical (unpaired) electrons. The van der Waals surface area contributed by atoms with Crippen LogP contribution in [0.5, 0.6) is 11.5 Å². The second-order valence-corrected chi connectivity index (χ2v) is 11.2. The molecule has 3 aromatic carbocycles. The van der Waals surface area contributed by atoms with Gasteiger partial charge in [-0.25, -0.2) is 4.79 Å². The molecular formula is C31H33ClN2O8. The lowest BCUT2D eigenvalue weighted by Crippen LogP contribution is -2.45. The van der Waals surface area contributed by atoms with Crippen LogP contribution < -0.4 is 20.1 Å². The number of aliphatic hydroxyl groups is 1. The molecule has 3 aromatic rings. The van der Waals surface area contributed by atoms with Crippen molar-refractivity contribution in [1.82, 2.24) is 0 Å². The van der Waals surface area contributed by atoms with Crippen LogP contribution in [-0.4, -0.2) is 61.3 Å². The fourth-order valence-electron chi connectivity index (χ4n) is 4.98. The van der Waals surface area contributed by atoms with E-state index in [0.717, 1.165) is 0 Å². The Balaban J connectivity index is 1.89. The number of aliphatic hydroxyl groups excluding tert-OH is 1. The van der Waals surface area contributed by atoms with Gasteiger partial charge in [0.1, 0.15) is 12.2 Å². The molecule has 42 heavy (non-hydrogen) atoms. The zero-order chi connectivity index (χ0) is 30.8. The van der Waals surface area contributed by atoms with Crippen molar-refractivity contribution >= 4 is 40.6 Å². The summed E-state index contributed by atoms with van der Waals surface area (Å²) in [5.74, 6) is -1.57. The van der Waals surface area contributed by atoms with Crippen molar-refractivity contribution in [2.24, 2.45) is 5.41 Å². The fraction of sp³-hybridized carbons (Fsp3) is 0.323. The highest BCUT2D eigenvalue weighted by Gasteiger charge is 2.41. The first-order valence-corrected chi connectivity index (χ1v) is 13.5. The van der Waals surface area contributed by atoms with Gasteiger partial charge in [-0.3, -0.25) is 9.59 Å². The smallest absolute Gasteiger partial charge is 0.337 e. The highest BCUT2D eigenvalue weighted by Crippen LogP contribution is 2.45. The van der Waals surface area contributed by atoms with Gasteiger partial charge in [-0.2, -0.15) is 0 Å². The number of hydrogen-bond acceptors (Lipinski definition) is 8. The Labute approximate surface area is 248 Å². The van der Waals surface area contributed by atoms with E-state index >= 15 is 0 Å². The zero-order valence-corrected chi connectivity index (χ0v) is 24.5. The Morgan fingerprint density at radius 1 is 1.05 bits per heavy atom. The molecule has 0 saturated carbocycles. The number of halogens is 1. The third kappa shape index (κ3) is 6.06. The van der Waals surface area contributed by atoms with Crippen molar-refractivity contribution in [3.63, 3.8) is 0 Å². The van der Waals surface area contributed by atoms with Crippen LogP contribution in [-0.2, 0) is 9.53 Å². The number of anilines is 2. The molecular weight excluding hydrogens is 564 g/mol. The van der Waals surface area contributed by atoms with E-state index < -0.39 is 41.7 Å². The fourth-order valence-corrected chi connectivity index (χ4v) is 5.16. The van der Waals surface area contributed by atoms with Gasteiger partial charge in [0, 0.05) is 52.4 Å². The molecule has 1 amide bonds. The van der Waals surface area contributed by atoms with Crippen LogP contribution in [0.2, 0.25) is 5.02 Å². The summed E-state index contributed by atoms with van der Waals surface area (Å²) in [5.41, 5.74) is 6.44. The molecule has 1 aliphatic rings. The van der Waals surface area contributed by atoms with Gasteiger partial charge < -0.3 is 35.1 Å². The molecule has 4 rings (SSSR count). The van der Waals surface area contributed by atoms with Gasteiger partial charge in [-0.15, -0.1) is 0 Å². The minimum Gasteiger partial charge on any atom is -0.493 e. The first-order chi connectivity index (χ1) is 19.9. The molecule has 0 bridgehead atoms. The topological polar surface area (TPSA) is 149 Å². The van der Waals surface area contributed by atoms with Crippen LogP contribution in [0, 0.1) is 5.41 Å². The number of nitrogen functional groups attached to an aromatic ring is 1. The van der Waals surface area contributed by atoms with Gasteiger partial charge in [0.15, 0.2) is 17.3 Å². The lowest BCUT2D eigenvalue weighted by molar-refractivity contribution is -0.132. The normalized spacial score (nSPS) is 16.9. The molecule has 1 heterocycles. The van der Waals surface area contributed by atoms with Gasteiger partial charge in [-0.05, 0) is 36.4 Å². The predicted octanol–water partition coefficient (Wildman–Crippen LogP) is 4.75. The number of nitrogens with zero attached hydrogens (tertiary/aromatic N) is 1. The largest absolute Gasteiger partial charge is 0.493 e. The average molecular weight is 597 g/mol. The van der Waals surface area contributed by atoms with E-state index in [2.05, 4.69) is 0 Å². The molecule has 0 aromatic heterocycles. The molecule has 10 nitrogen and oxygen atoms in total. The monoisotopic (exact) mass is 596 g/mol. The number of nitrogens with two attached hydrogens (primary N) is 1. The molecule has 0 fully saturated rings. The Morgan fingerprint density at radius 2 is 1.74 bits per heavy atom. The van der Waals surface area contributed by atoms with E-state index in [9.17, 15) is 24.6 Å². The Kier molecular flexibility index (Phi) is 9.10. The van der Waals surface area contributed by atoms with E-state index in [-0.39, 0.29) is 30.0 Å². The Bertz CT molecular complexity index is 1520. The van der Waals surface area contributed by atoms with Gasteiger partial charge in [0.05, 0.1) is 25.5 Å². The number of para-hydroxylation sites is 2. The van der Waals surface area contributed by atoms with Crippen LogP contribution in [0.25, 0.3) is 0 Å². The number of amides is 1. The second kappa shape index (κ2) is 12.4. The number of benzene rings is 3. The zero-order valence-electron chi connectivity index (χ0n) is 23.7. The quantitative estimate of drug-likeness (QED) is 0.223. The standard InChI is InChI=1S/C31H33ClN2O8/c1-31(2,16-35)15-34-22-12-11-17(32)13-21(22)27(20-9-6-10-24(40-3)28(20)41-4)42-25(29(34)37)14-23(36)18-7-5-8-19(26(18)33)30(38)39/h5-13,25,27,35H,14-16,33H2,1-4H3,(H,38,39)/t25-,27-/m1/s1. The summed E-state index contributed by atoms with van der Waals surface area (Å²) in [6.45, 7) is 3.50. The number of aromatic carboxylic acids is 1. The number of carbonyl (C=O) groups is 3. The number of fused-ring (bicyclic) bond motifs is 1. The number of ether oxygens (including phenoxy) is 3. The summed E-state index contributed by atoms with van der Waals surface area (Å²) in [6.07, 6.45) is -2.70. The minimum atomic E-state index is -1.33. The van der Waals surface area contributed by atoms with E-state index in [1.807, 2.05) is 13.8 Å². The highest BCUT2D eigenvalue weighted by atomic mass is 35.5. The van der Waals surface area contributed by atoms with Crippen LogP contribution in [0.4, 0.5) is 11.4 Å². The van der Waals surface area contributed by atoms with Crippen molar-refractivity contribution in [2.45, 2.75) is 32.5 Å². The Hall–Kier alpha value is -4.12. The molecule has 1 aliphatic heterocycles. The van der Waals surface area contributed by atoms with Gasteiger partial charge >= 0.3 is 5.97 Å². The number of carbonyl (C=O) groups excluding carboxylic acids is 2. The maximum atomic E-state index is 14.2. The minimum absolute atomic E-state index is 0.0335. The predicted molar refractivity (Wildman–Crippen MR) is 158 cm³/mol. The maximum absolute atomic E-state index is 14.2. The van der Waals surface area contributed by atoms with Gasteiger partial charge in [0.2, 0.25) is 0 Å². The van der Waals surface area contributed by atoms with Crippen LogP contribution >= 0.6 is 11.6 Å². The van der Waals surface area contributed by atoms with Crippen molar-refractivity contribution in [3.8, 4) is 11.5 Å². The van der Waals surface area contributed by atoms with E-state index in [1.54, 1.807) is 36.4 Å². The van der Waals surface area contributed by atoms with Gasteiger partial charge in [0.25, 0.3) is 5.91 Å². The summed E-state index contributed by atoms with van der Waals surface area (Å²) in [4.78, 5) is 40.9. The second-order valence-electron chi connectivity index (χ2n) is 10.7. The molecule has 0 spiro atoms. The first kappa shape index (κ1) is 30.8. The third-order valence-electron chi connectivity index (χ3n) is 7.14. The van der Waals surface area contributed by atoms with E-state index in [1.165, 1.54) is 37.3 Å². The number of Topliss-reactive ketones (excluding diaryl/α,β-unsaturated/α-hetero) is 1. The Morgan fingerprint density at radius 3 is 2.38 bits per heavy atom. The molecule has 11 heteroatoms. The van der Waals surface area contributed by atoms with Crippen LogP contribution in [0.1, 0.15) is 58.2 Å². The highest BCUT2D eigenvalue weighted by molar-refractivity contribution is 6.30. The summed E-state index contributed by atoms with van der Waals surface area (Å²) in [5, 5.41) is 19.9. The molecule has 0 unspecified atom stereocenters.